The lowest BCUT2D eigenvalue weighted by Gasteiger charge is -2.37. The van der Waals surface area contributed by atoms with E-state index in [2.05, 4.69) is 41.6 Å². The van der Waals surface area contributed by atoms with Crippen molar-refractivity contribution in [1.82, 2.24) is 25.1 Å². The number of hydrogen-bond acceptors (Lipinski definition) is 8. The molecule has 1 aliphatic heterocycles. The van der Waals surface area contributed by atoms with Crippen LogP contribution in [-0.2, 0) is 6.42 Å². The number of fused-ring (bicyclic) bond motifs is 1. The van der Waals surface area contributed by atoms with Gasteiger partial charge in [0.25, 0.3) is 5.91 Å². The summed E-state index contributed by atoms with van der Waals surface area (Å²) >= 11 is 1.70. The number of carbonyl (C=O) groups is 1. The minimum atomic E-state index is -0.0760. The van der Waals surface area contributed by atoms with Crippen LogP contribution < -0.4 is 19.9 Å². The topological polar surface area (TPSA) is 88.4 Å². The zero-order valence-electron chi connectivity index (χ0n) is 21.7. The molecule has 6 rings (SSSR count). The number of rotatable bonds is 8. The molecule has 5 aromatic rings. The number of benzene rings is 2. The summed E-state index contributed by atoms with van der Waals surface area (Å²) in [5.74, 6) is 1.56. The van der Waals surface area contributed by atoms with E-state index in [9.17, 15) is 4.79 Å². The van der Waals surface area contributed by atoms with Crippen LogP contribution in [0.15, 0.2) is 78.6 Å². The number of ether oxygens (including phenoxy) is 1. The van der Waals surface area contributed by atoms with Crippen LogP contribution >= 0.6 is 11.3 Å². The number of amides is 1. The largest absolute Gasteiger partial charge is 0.495 e. The maximum atomic E-state index is 12.9. The van der Waals surface area contributed by atoms with Gasteiger partial charge in [0.2, 0.25) is 0 Å². The van der Waals surface area contributed by atoms with Crippen LogP contribution in [0, 0.1) is 0 Å². The molecule has 9 nitrogen and oxygen atoms in total. The predicted octanol–water partition coefficient (Wildman–Crippen LogP) is 4.18. The van der Waals surface area contributed by atoms with Crippen LogP contribution in [0.1, 0.15) is 15.2 Å². The van der Waals surface area contributed by atoms with Crippen LogP contribution in [0.4, 0.5) is 11.5 Å². The maximum Gasteiger partial charge on any atom is 0.251 e. The number of anilines is 2. The van der Waals surface area contributed by atoms with Crippen molar-refractivity contribution in [3.05, 3.63) is 89.0 Å². The first kappa shape index (κ1) is 24.9. The molecule has 1 amide bonds. The average Bonchev–Trinajstić information content (AvgIpc) is 3.68. The Labute approximate surface area is 230 Å². The van der Waals surface area contributed by atoms with Gasteiger partial charge in [0.05, 0.1) is 30.1 Å². The summed E-state index contributed by atoms with van der Waals surface area (Å²) in [4.78, 5) is 27.8. The van der Waals surface area contributed by atoms with E-state index in [1.54, 1.807) is 24.8 Å². The van der Waals surface area contributed by atoms with Gasteiger partial charge in [-0.25, -0.2) is 14.6 Å². The van der Waals surface area contributed by atoms with E-state index in [1.165, 1.54) is 4.88 Å². The summed E-state index contributed by atoms with van der Waals surface area (Å²) < 4.78 is 7.51. The molecule has 4 heterocycles. The van der Waals surface area contributed by atoms with Crippen LogP contribution in [0.3, 0.4) is 0 Å². The maximum absolute atomic E-state index is 12.9. The first-order chi connectivity index (χ1) is 19.2. The lowest BCUT2D eigenvalue weighted by molar-refractivity contribution is 0.0954. The number of nitrogens with zero attached hydrogens (tertiary/aromatic N) is 6. The van der Waals surface area contributed by atoms with Crippen molar-refractivity contribution in [2.45, 2.75) is 6.42 Å². The lowest BCUT2D eigenvalue weighted by atomic mass is 10.1. The second-order valence-corrected chi connectivity index (χ2v) is 10.3. The fraction of sp³-hybridized carbons (Fsp3) is 0.241. The number of carbonyl (C=O) groups excluding carboxylic acids is 1. The predicted molar refractivity (Wildman–Crippen MR) is 154 cm³/mol. The second kappa shape index (κ2) is 11.1. The third-order valence-corrected chi connectivity index (χ3v) is 7.88. The molecular weight excluding hydrogens is 510 g/mol. The zero-order chi connectivity index (χ0) is 26.6. The Kier molecular flexibility index (Phi) is 7.09. The number of methoxy groups -OCH3 is 1. The SMILES string of the molecule is COc1ccc(C(=O)NCCc2cccs2)cc1N1CCN(c2ncnc3c2cnn3-c2ccccc2)CC1. The number of hydrogen-bond donors (Lipinski definition) is 1. The van der Waals surface area contributed by atoms with Crippen molar-refractivity contribution < 1.29 is 9.53 Å². The number of thiophene rings is 1. The molecule has 0 bridgehead atoms. The molecule has 0 atom stereocenters. The van der Waals surface area contributed by atoms with E-state index >= 15 is 0 Å². The van der Waals surface area contributed by atoms with Crippen LogP contribution in [0.25, 0.3) is 16.7 Å². The number of aromatic nitrogens is 4. The molecule has 1 N–H and O–H groups in total. The summed E-state index contributed by atoms with van der Waals surface area (Å²) in [6.07, 6.45) is 4.28. The fourth-order valence-corrected chi connectivity index (χ4v) is 5.64. The second-order valence-electron chi connectivity index (χ2n) is 9.27. The van der Waals surface area contributed by atoms with E-state index in [0.717, 1.165) is 66.6 Å². The Morgan fingerprint density at radius 3 is 2.59 bits per heavy atom. The third kappa shape index (κ3) is 5.15. The van der Waals surface area contributed by atoms with Crippen molar-refractivity contribution in [3.8, 4) is 11.4 Å². The highest BCUT2D eigenvalue weighted by Gasteiger charge is 2.24. The first-order valence-corrected chi connectivity index (χ1v) is 13.8. The smallest absolute Gasteiger partial charge is 0.251 e. The van der Waals surface area contributed by atoms with Crippen LogP contribution in [0.5, 0.6) is 5.75 Å². The Balaban J connectivity index is 1.16. The Bertz CT molecular complexity index is 1560. The first-order valence-electron chi connectivity index (χ1n) is 12.9. The lowest BCUT2D eigenvalue weighted by Crippen LogP contribution is -2.47. The minimum absolute atomic E-state index is 0.0760. The van der Waals surface area contributed by atoms with E-state index < -0.39 is 0 Å². The van der Waals surface area contributed by atoms with Crippen molar-refractivity contribution in [2.75, 3.05) is 49.6 Å². The van der Waals surface area contributed by atoms with E-state index in [1.807, 2.05) is 65.5 Å². The molecular formula is C29H29N7O2S. The Morgan fingerprint density at radius 1 is 1.00 bits per heavy atom. The molecule has 0 spiro atoms. The van der Waals surface area contributed by atoms with Gasteiger partial charge in [-0.15, -0.1) is 11.3 Å². The van der Waals surface area contributed by atoms with E-state index in [-0.39, 0.29) is 5.91 Å². The summed E-state index contributed by atoms with van der Waals surface area (Å²) in [5.41, 5.74) is 3.30. The van der Waals surface area contributed by atoms with Crippen molar-refractivity contribution in [2.24, 2.45) is 0 Å². The van der Waals surface area contributed by atoms with Gasteiger partial charge in [-0.3, -0.25) is 4.79 Å². The minimum Gasteiger partial charge on any atom is -0.495 e. The van der Waals surface area contributed by atoms with Gasteiger partial charge in [-0.2, -0.15) is 5.10 Å². The van der Waals surface area contributed by atoms with Gasteiger partial charge < -0.3 is 19.9 Å². The van der Waals surface area contributed by atoms with Gasteiger partial charge in [-0.1, -0.05) is 24.3 Å². The molecule has 0 unspecified atom stereocenters. The summed E-state index contributed by atoms with van der Waals surface area (Å²) in [6.45, 7) is 3.66. The number of para-hydroxylation sites is 1. The summed E-state index contributed by atoms with van der Waals surface area (Å²) in [5, 5.41) is 10.6. The fourth-order valence-electron chi connectivity index (χ4n) is 4.94. The monoisotopic (exact) mass is 539 g/mol. The normalized spacial score (nSPS) is 13.6. The molecule has 198 valence electrons. The highest BCUT2D eigenvalue weighted by molar-refractivity contribution is 7.09. The van der Waals surface area contributed by atoms with Crippen molar-refractivity contribution >= 4 is 39.8 Å². The molecule has 0 saturated carbocycles. The molecule has 1 saturated heterocycles. The molecule has 0 radical (unpaired) electrons. The van der Waals surface area contributed by atoms with Gasteiger partial charge in [0, 0.05) is 43.2 Å². The molecule has 1 fully saturated rings. The highest BCUT2D eigenvalue weighted by atomic mass is 32.1. The molecule has 10 heteroatoms. The highest BCUT2D eigenvalue weighted by Crippen LogP contribution is 2.32. The van der Waals surface area contributed by atoms with Crippen LogP contribution in [-0.4, -0.2) is 65.5 Å². The summed E-state index contributed by atoms with van der Waals surface area (Å²) in [7, 11) is 1.66. The molecule has 1 aliphatic rings. The van der Waals surface area contributed by atoms with Gasteiger partial charge >= 0.3 is 0 Å². The Hall–Kier alpha value is -4.44. The standard InChI is InChI=1S/C29H29N7O2S/c1-38-26-10-9-21(29(37)30-12-11-23-8-5-17-39-23)18-25(26)34-13-15-35(16-14-34)27-24-19-33-36(28(24)32-20-31-27)22-6-3-2-4-7-22/h2-10,17-20H,11-16H2,1H3,(H,30,37). The van der Waals surface area contributed by atoms with Gasteiger partial charge in [-0.05, 0) is 48.2 Å². The van der Waals surface area contributed by atoms with Crippen molar-refractivity contribution in [3.63, 3.8) is 0 Å². The molecule has 2 aromatic carbocycles. The van der Waals surface area contributed by atoms with Gasteiger partial charge in [0.15, 0.2) is 5.65 Å². The summed E-state index contributed by atoms with van der Waals surface area (Å²) in [6, 6.07) is 19.7. The quantitative estimate of drug-likeness (QED) is 0.316. The van der Waals surface area contributed by atoms with E-state index in [4.69, 9.17) is 4.74 Å². The molecule has 0 aliphatic carbocycles. The van der Waals surface area contributed by atoms with E-state index in [0.29, 0.717) is 12.1 Å². The molecule has 3 aromatic heterocycles. The third-order valence-electron chi connectivity index (χ3n) is 6.94. The van der Waals surface area contributed by atoms with Crippen LogP contribution in [0.2, 0.25) is 0 Å². The molecule has 39 heavy (non-hydrogen) atoms. The van der Waals surface area contributed by atoms with Crippen molar-refractivity contribution in [1.29, 1.82) is 0 Å². The number of nitrogens with one attached hydrogen (secondary N) is 1. The Morgan fingerprint density at radius 2 is 1.82 bits per heavy atom. The number of piperazine rings is 1. The average molecular weight is 540 g/mol. The van der Waals surface area contributed by atoms with Gasteiger partial charge in [0.1, 0.15) is 17.9 Å². The zero-order valence-corrected chi connectivity index (χ0v) is 22.5.